The van der Waals surface area contributed by atoms with Crippen molar-refractivity contribution < 1.29 is 9.59 Å². The molecule has 0 saturated heterocycles. The van der Waals surface area contributed by atoms with E-state index in [9.17, 15) is 9.59 Å². The van der Waals surface area contributed by atoms with Crippen molar-refractivity contribution in [2.45, 2.75) is 39.8 Å². The lowest BCUT2D eigenvalue weighted by molar-refractivity contribution is -0.124. The molecule has 2 unspecified atom stereocenters. The Balaban J connectivity index is 2.01. The van der Waals surface area contributed by atoms with Crippen LogP contribution >= 0.6 is 11.3 Å². The monoisotopic (exact) mass is 345 g/mol. The Kier molecular flexibility index (Phi) is 6.49. The molecule has 1 aromatic carbocycles. The molecule has 24 heavy (non-hydrogen) atoms. The molecule has 2 atom stereocenters. The van der Waals surface area contributed by atoms with Gasteiger partial charge in [-0.25, -0.2) is 4.98 Å². The number of hydrogen-bond donors (Lipinski definition) is 2. The Hall–Kier alpha value is -2.21. The molecule has 0 radical (unpaired) electrons. The highest BCUT2D eigenvalue weighted by Gasteiger charge is 2.26. The predicted octanol–water partition coefficient (Wildman–Crippen LogP) is 2.91. The Morgan fingerprint density at radius 2 is 1.96 bits per heavy atom. The van der Waals surface area contributed by atoms with Gasteiger partial charge in [0.15, 0.2) is 0 Å². The van der Waals surface area contributed by atoms with Gasteiger partial charge in [-0.15, -0.1) is 11.3 Å². The highest BCUT2D eigenvalue weighted by Crippen LogP contribution is 2.11. The molecular weight excluding hydrogens is 322 g/mol. The third-order valence-corrected chi connectivity index (χ3v) is 4.87. The number of aromatic nitrogens is 1. The molecule has 2 rings (SSSR count). The Morgan fingerprint density at radius 3 is 2.54 bits per heavy atom. The van der Waals surface area contributed by atoms with Crippen LogP contribution in [0.15, 0.2) is 35.7 Å². The summed E-state index contributed by atoms with van der Waals surface area (Å²) >= 11 is 1.51. The second kappa shape index (κ2) is 8.59. The van der Waals surface area contributed by atoms with Gasteiger partial charge in [0.25, 0.3) is 5.91 Å². The quantitative estimate of drug-likeness (QED) is 0.810. The molecule has 0 aliphatic rings. The molecule has 2 aromatic rings. The second-order valence-corrected chi connectivity index (χ2v) is 6.75. The van der Waals surface area contributed by atoms with Gasteiger partial charge in [0, 0.05) is 16.6 Å². The number of carbonyl (C=O) groups is 2. The van der Waals surface area contributed by atoms with E-state index in [1.54, 1.807) is 24.3 Å². The molecule has 0 spiro atoms. The topological polar surface area (TPSA) is 71.1 Å². The van der Waals surface area contributed by atoms with Gasteiger partial charge in [-0.3, -0.25) is 9.59 Å². The Morgan fingerprint density at radius 1 is 1.25 bits per heavy atom. The van der Waals surface area contributed by atoms with E-state index in [2.05, 4.69) is 15.6 Å². The van der Waals surface area contributed by atoms with Gasteiger partial charge in [-0.1, -0.05) is 38.5 Å². The van der Waals surface area contributed by atoms with Gasteiger partial charge in [-0.2, -0.15) is 0 Å². The summed E-state index contributed by atoms with van der Waals surface area (Å²) in [6.45, 7) is 6.27. The van der Waals surface area contributed by atoms with Crippen LogP contribution in [0.25, 0.3) is 0 Å². The average Bonchev–Trinajstić information content (AvgIpc) is 3.02. The van der Waals surface area contributed by atoms with Gasteiger partial charge in [0.2, 0.25) is 5.91 Å². The van der Waals surface area contributed by atoms with Crippen LogP contribution in [0.1, 0.15) is 41.3 Å². The van der Waals surface area contributed by atoms with Crippen molar-refractivity contribution >= 4 is 23.2 Å². The summed E-state index contributed by atoms with van der Waals surface area (Å²) in [4.78, 5) is 29.2. The molecule has 2 amide bonds. The number of rotatable bonds is 7. The van der Waals surface area contributed by atoms with Gasteiger partial charge < -0.3 is 10.6 Å². The molecule has 0 fully saturated rings. The van der Waals surface area contributed by atoms with Crippen molar-refractivity contribution in [1.82, 2.24) is 15.6 Å². The fourth-order valence-corrected chi connectivity index (χ4v) is 2.98. The van der Waals surface area contributed by atoms with Crippen molar-refractivity contribution in [2.24, 2.45) is 5.92 Å². The highest BCUT2D eigenvalue weighted by atomic mass is 32.1. The van der Waals surface area contributed by atoms with Crippen LogP contribution in [0.3, 0.4) is 0 Å². The number of aryl methyl sites for hydroxylation is 1. The maximum atomic E-state index is 12.5. The van der Waals surface area contributed by atoms with Crippen LogP contribution in [0.5, 0.6) is 0 Å². The number of hydrogen-bond acceptors (Lipinski definition) is 4. The highest BCUT2D eigenvalue weighted by molar-refractivity contribution is 7.09. The van der Waals surface area contributed by atoms with Gasteiger partial charge >= 0.3 is 0 Å². The maximum Gasteiger partial charge on any atom is 0.251 e. The third kappa shape index (κ3) is 4.89. The molecule has 1 aromatic heterocycles. The lowest BCUT2D eigenvalue weighted by Gasteiger charge is -2.23. The number of thiazole rings is 1. The molecule has 5 nitrogen and oxygen atoms in total. The van der Waals surface area contributed by atoms with Crippen molar-refractivity contribution in [1.29, 1.82) is 0 Å². The Bertz CT molecular complexity index is 685. The summed E-state index contributed by atoms with van der Waals surface area (Å²) in [6.07, 6.45) is 0.795. The van der Waals surface area contributed by atoms with E-state index >= 15 is 0 Å². The summed E-state index contributed by atoms with van der Waals surface area (Å²) in [5.74, 6) is -0.377. The van der Waals surface area contributed by atoms with Gasteiger partial charge in [0.05, 0.1) is 6.54 Å². The van der Waals surface area contributed by atoms with Crippen molar-refractivity contribution in [3.8, 4) is 0 Å². The zero-order valence-electron chi connectivity index (χ0n) is 14.2. The SMILES string of the molecule is CCC(C)C(NC(=O)c1ccccc1)C(=O)NCc1nc(C)cs1. The van der Waals surface area contributed by atoms with Crippen molar-refractivity contribution in [3.05, 3.63) is 52.0 Å². The number of amides is 2. The van der Waals surface area contributed by atoms with E-state index in [-0.39, 0.29) is 17.7 Å². The third-order valence-electron chi connectivity index (χ3n) is 3.90. The van der Waals surface area contributed by atoms with Crippen LogP contribution in [0.2, 0.25) is 0 Å². The molecule has 0 aliphatic carbocycles. The number of nitrogens with one attached hydrogen (secondary N) is 2. The number of benzene rings is 1. The predicted molar refractivity (Wildman–Crippen MR) is 95.8 cm³/mol. The second-order valence-electron chi connectivity index (χ2n) is 5.80. The fraction of sp³-hybridized carbons (Fsp3) is 0.389. The van der Waals surface area contributed by atoms with Crippen molar-refractivity contribution in [2.75, 3.05) is 0 Å². The van der Waals surface area contributed by atoms with E-state index in [1.807, 2.05) is 32.2 Å². The molecule has 2 N–H and O–H groups in total. The first kappa shape index (κ1) is 18.1. The summed E-state index contributed by atoms with van der Waals surface area (Å²) in [5, 5.41) is 8.54. The number of nitrogens with zero attached hydrogens (tertiary/aromatic N) is 1. The maximum absolute atomic E-state index is 12.5. The average molecular weight is 345 g/mol. The largest absolute Gasteiger partial charge is 0.348 e. The number of carbonyl (C=O) groups excluding carboxylic acids is 2. The normalized spacial score (nSPS) is 13.1. The lowest BCUT2D eigenvalue weighted by Crippen LogP contribution is -2.50. The zero-order chi connectivity index (χ0) is 17.5. The zero-order valence-corrected chi connectivity index (χ0v) is 15.0. The first-order chi connectivity index (χ1) is 11.5. The first-order valence-corrected chi connectivity index (χ1v) is 8.93. The van der Waals surface area contributed by atoms with Crippen molar-refractivity contribution in [3.63, 3.8) is 0 Å². The first-order valence-electron chi connectivity index (χ1n) is 8.06. The fourth-order valence-electron chi connectivity index (χ4n) is 2.27. The molecule has 128 valence electrons. The molecule has 0 aliphatic heterocycles. The van der Waals surface area contributed by atoms with E-state index < -0.39 is 6.04 Å². The molecular formula is C18H23N3O2S. The van der Waals surface area contributed by atoms with Crippen LogP contribution < -0.4 is 10.6 Å². The minimum Gasteiger partial charge on any atom is -0.348 e. The van der Waals surface area contributed by atoms with Crippen LogP contribution in [-0.4, -0.2) is 22.8 Å². The van der Waals surface area contributed by atoms with Crippen LogP contribution in [0, 0.1) is 12.8 Å². The molecule has 1 heterocycles. The van der Waals surface area contributed by atoms with E-state index in [4.69, 9.17) is 0 Å². The lowest BCUT2D eigenvalue weighted by atomic mass is 9.98. The minimum absolute atomic E-state index is 0.0377. The summed E-state index contributed by atoms with van der Waals surface area (Å²) in [5.41, 5.74) is 1.49. The summed E-state index contributed by atoms with van der Waals surface area (Å²) in [6, 6.07) is 8.36. The Labute approximate surface area is 146 Å². The van der Waals surface area contributed by atoms with E-state index in [0.717, 1.165) is 17.1 Å². The smallest absolute Gasteiger partial charge is 0.251 e. The summed E-state index contributed by atoms with van der Waals surface area (Å²) < 4.78 is 0. The van der Waals surface area contributed by atoms with Crippen LogP contribution in [0.4, 0.5) is 0 Å². The summed E-state index contributed by atoms with van der Waals surface area (Å²) in [7, 11) is 0. The molecule has 0 bridgehead atoms. The van der Waals surface area contributed by atoms with E-state index in [1.165, 1.54) is 11.3 Å². The standard InChI is InChI=1S/C18H23N3O2S/c1-4-12(2)16(21-17(22)14-8-6-5-7-9-14)18(23)19-10-15-20-13(3)11-24-15/h5-9,11-12,16H,4,10H2,1-3H3,(H,19,23)(H,21,22). The van der Waals surface area contributed by atoms with Crippen LogP contribution in [-0.2, 0) is 11.3 Å². The molecule has 0 saturated carbocycles. The van der Waals surface area contributed by atoms with Gasteiger partial charge in [-0.05, 0) is 25.0 Å². The van der Waals surface area contributed by atoms with E-state index in [0.29, 0.717) is 12.1 Å². The molecule has 6 heteroatoms. The minimum atomic E-state index is -0.566. The van der Waals surface area contributed by atoms with Gasteiger partial charge in [0.1, 0.15) is 11.0 Å².